The van der Waals surface area contributed by atoms with Crippen molar-refractivity contribution < 1.29 is 28.6 Å². The Hall–Kier alpha value is -4.27. The Morgan fingerprint density at radius 3 is 1.62 bits per heavy atom. The Morgan fingerprint density at radius 2 is 1.11 bits per heavy atom. The van der Waals surface area contributed by atoms with Crippen LogP contribution in [0.5, 0.6) is 0 Å². The minimum atomic E-state index is -0.538. The van der Waals surface area contributed by atoms with E-state index in [2.05, 4.69) is 58.4 Å². The fraction of sp³-hybridized carbons (Fsp3) is 0.600. The zero-order chi connectivity index (χ0) is 47.7. The topological polar surface area (TPSA) is 174 Å². The van der Waals surface area contributed by atoms with Gasteiger partial charge < -0.3 is 34.2 Å². The molecule has 17 nitrogen and oxygen atoms in total. The maximum atomic E-state index is 12.8. The number of nitrogens with zero attached hydrogens (tertiary/aromatic N) is 10. The number of amides is 3. The monoisotopic (exact) mass is 1080 g/mol. The average Bonchev–Trinajstić information content (AvgIpc) is 3.98. The van der Waals surface area contributed by atoms with E-state index >= 15 is 0 Å². The Labute approximate surface area is 411 Å². The number of likely N-dealkylation sites (tertiary alicyclic amines) is 3. The van der Waals surface area contributed by atoms with Gasteiger partial charge in [-0.3, -0.25) is 0 Å². The van der Waals surface area contributed by atoms with Crippen LogP contribution in [0.4, 0.5) is 25.2 Å². The van der Waals surface area contributed by atoms with Gasteiger partial charge in [0.15, 0.2) is 11.3 Å². The zero-order valence-electron chi connectivity index (χ0n) is 39.1. The van der Waals surface area contributed by atoms with Gasteiger partial charge in [-0.1, -0.05) is 11.6 Å². The molecule has 2 unspecified atom stereocenters. The lowest BCUT2D eigenvalue weighted by Crippen LogP contribution is -2.42. The molecule has 0 aliphatic carbocycles. The minimum absolute atomic E-state index is 0.0748. The second-order valence-electron chi connectivity index (χ2n) is 20.0. The zero-order valence-corrected chi connectivity index (χ0v) is 43.8. The van der Waals surface area contributed by atoms with Gasteiger partial charge in [-0.25, -0.2) is 28.9 Å². The molecule has 0 aromatic carbocycles. The van der Waals surface area contributed by atoms with Gasteiger partial charge in [0.05, 0.1) is 38.4 Å². The Morgan fingerprint density at radius 1 is 0.636 bits per heavy atom. The molecule has 5 aromatic heterocycles. The lowest BCUT2D eigenvalue weighted by atomic mass is 9.94. The molecule has 3 aliphatic rings. The molecular weight excluding hydrogens is 1020 g/mol. The number of hydrogen-bond acceptors (Lipinski definition) is 13. The number of aromatic nitrogens is 7. The molecular formula is C45H60Br2ClN11O6S. The van der Waals surface area contributed by atoms with E-state index in [1.807, 2.05) is 74.4 Å². The maximum Gasteiger partial charge on any atom is 0.410 e. The highest BCUT2D eigenvalue weighted by atomic mass is 79.9. The molecule has 3 fully saturated rings. The Bertz CT molecular complexity index is 2540. The predicted molar refractivity (Wildman–Crippen MR) is 261 cm³/mol. The van der Waals surface area contributed by atoms with E-state index in [-0.39, 0.29) is 36.0 Å². The third kappa shape index (κ3) is 12.6. The quantitative estimate of drug-likeness (QED) is 0.131. The number of rotatable bonds is 5. The second kappa shape index (κ2) is 20.1. The Kier molecular flexibility index (Phi) is 15.1. The van der Waals surface area contributed by atoms with Gasteiger partial charge in [-0.05, 0) is 156 Å². The summed E-state index contributed by atoms with van der Waals surface area (Å²) in [5.74, 6) is 1.27. The van der Waals surface area contributed by atoms with Gasteiger partial charge in [-0.2, -0.15) is 19.1 Å². The highest BCUT2D eigenvalue weighted by molar-refractivity contribution is 9.11. The number of halogens is 3. The van der Waals surface area contributed by atoms with E-state index < -0.39 is 16.8 Å². The van der Waals surface area contributed by atoms with Gasteiger partial charge >= 0.3 is 18.3 Å². The van der Waals surface area contributed by atoms with Crippen molar-refractivity contribution in [3.8, 4) is 0 Å². The molecule has 0 spiro atoms. The summed E-state index contributed by atoms with van der Waals surface area (Å²) in [5, 5.41) is 13.6. The van der Waals surface area contributed by atoms with Crippen molar-refractivity contribution in [3.05, 3.63) is 61.8 Å². The van der Waals surface area contributed by atoms with E-state index in [4.69, 9.17) is 35.2 Å². The van der Waals surface area contributed by atoms with Crippen molar-refractivity contribution in [2.75, 3.05) is 44.6 Å². The van der Waals surface area contributed by atoms with Crippen molar-refractivity contribution in [3.63, 3.8) is 0 Å². The van der Waals surface area contributed by atoms with Crippen LogP contribution < -0.4 is 5.32 Å². The molecule has 3 amide bonds. The van der Waals surface area contributed by atoms with E-state index in [0.717, 1.165) is 75.4 Å². The molecule has 0 radical (unpaired) electrons. The maximum absolute atomic E-state index is 12.8. The summed E-state index contributed by atoms with van der Waals surface area (Å²) in [6, 6.07) is 5.94. The molecule has 8 rings (SSSR count). The van der Waals surface area contributed by atoms with Crippen molar-refractivity contribution in [1.82, 2.24) is 48.3 Å². The van der Waals surface area contributed by atoms with E-state index in [9.17, 15) is 14.4 Å². The average molecular weight is 1080 g/mol. The first-order valence-electron chi connectivity index (χ1n) is 22.4. The number of anilines is 2. The molecule has 358 valence electrons. The number of carbonyl (C=O) groups is 3. The first-order valence-corrected chi connectivity index (χ1v) is 25.2. The van der Waals surface area contributed by atoms with Gasteiger partial charge in [0.25, 0.3) is 0 Å². The van der Waals surface area contributed by atoms with E-state index in [1.165, 1.54) is 11.5 Å². The van der Waals surface area contributed by atoms with E-state index in [0.29, 0.717) is 55.7 Å². The molecule has 0 bridgehead atoms. The molecule has 3 saturated heterocycles. The largest absolute Gasteiger partial charge is 0.444 e. The van der Waals surface area contributed by atoms with Crippen LogP contribution in [0.1, 0.15) is 136 Å². The third-order valence-corrected chi connectivity index (χ3v) is 13.3. The number of hydrogen-bond donors (Lipinski definition) is 1. The lowest BCUT2D eigenvalue weighted by molar-refractivity contribution is 0.0187. The van der Waals surface area contributed by atoms with Gasteiger partial charge in [0, 0.05) is 63.1 Å². The van der Waals surface area contributed by atoms with Crippen LogP contribution in [0.3, 0.4) is 0 Å². The summed E-state index contributed by atoms with van der Waals surface area (Å²) in [4.78, 5) is 52.5. The number of carbonyl (C=O) groups excluding carboxylic acids is 3. The molecule has 21 heteroatoms. The molecule has 1 N–H and O–H groups in total. The van der Waals surface area contributed by atoms with Crippen LogP contribution in [-0.2, 0) is 14.2 Å². The van der Waals surface area contributed by atoms with Crippen molar-refractivity contribution in [1.29, 1.82) is 0 Å². The molecule has 5 aromatic rings. The summed E-state index contributed by atoms with van der Waals surface area (Å²) in [5.41, 5.74) is 2.67. The molecule has 8 heterocycles. The molecule has 66 heavy (non-hydrogen) atoms. The molecule has 3 aliphatic heterocycles. The summed E-state index contributed by atoms with van der Waals surface area (Å²) >= 11 is 14.8. The molecule has 2 atom stereocenters. The number of piperidine rings is 3. The number of fused-ring (bicyclic) bond motifs is 2. The molecule has 0 saturated carbocycles. The van der Waals surface area contributed by atoms with E-state index in [1.54, 1.807) is 36.1 Å². The normalized spacial score (nSPS) is 18.8. The summed E-state index contributed by atoms with van der Waals surface area (Å²) in [7, 11) is 0. The van der Waals surface area contributed by atoms with Crippen LogP contribution in [0.15, 0.2) is 39.5 Å². The van der Waals surface area contributed by atoms with Gasteiger partial charge in [0.1, 0.15) is 32.8 Å². The minimum Gasteiger partial charge on any atom is -0.444 e. The smallest absolute Gasteiger partial charge is 0.410 e. The Balaban J connectivity index is 0.000000228. The van der Waals surface area contributed by atoms with Crippen LogP contribution in [0, 0.1) is 0 Å². The van der Waals surface area contributed by atoms with Crippen LogP contribution >= 0.6 is 55.0 Å². The fourth-order valence-corrected chi connectivity index (χ4v) is 9.81. The number of nitrogens with one attached hydrogen (secondary N) is 1. The highest BCUT2D eigenvalue weighted by Gasteiger charge is 2.33. The first-order chi connectivity index (χ1) is 31.0. The highest BCUT2D eigenvalue weighted by Crippen LogP contribution is 2.36. The van der Waals surface area contributed by atoms with Crippen molar-refractivity contribution in [2.45, 2.75) is 135 Å². The fourth-order valence-electron chi connectivity index (χ4n) is 8.15. The third-order valence-electron chi connectivity index (χ3n) is 11.2. The second-order valence-corrected chi connectivity index (χ2v) is 22.9. The first kappa shape index (κ1) is 49.6. The van der Waals surface area contributed by atoms with Crippen molar-refractivity contribution in [2.24, 2.45) is 0 Å². The summed E-state index contributed by atoms with van der Waals surface area (Å²) in [6.45, 7) is 20.7. The van der Waals surface area contributed by atoms with Gasteiger partial charge in [-0.15, -0.1) is 0 Å². The van der Waals surface area contributed by atoms with Gasteiger partial charge in [0.2, 0.25) is 0 Å². The van der Waals surface area contributed by atoms with Crippen LogP contribution in [0.25, 0.3) is 11.3 Å². The summed E-state index contributed by atoms with van der Waals surface area (Å²) in [6.07, 6.45) is 7.97. The van der Waals surface area contributed by atoms with Crippen LogP contribution in [0.2, 0.25) is 5.15 Å². The lowest BCUT2D eigenvalue weighted by Gasteiger charge is -2.34. The predicted octanol–water partition coefficient (Wildman–Crippen LogP) is 11.2. The summed E-state index contributed by atoms with van der Waals surface area (Å²) < 4.78 is 26.4. The SMILES string of the molecule is CC(C)(C)OC(=O)N1CCC(c2cc(Nc3cc(C4CCCN(C(=O)OC(C)(C)C)C4)nc4c(Br)cnn34)sn2)CC1.CC(C)(C)OC(=O)N1CCCC(c2cc(Cl)n3ncc(Br)c3n2)C1. The number of ether oxygens (including phenoxy) is 3. The van der Waals surface area contributed by atoms with Crippen LogP contribution in [-0.4, -0.2) is 123 Å². The van der Waals surface area contributed by atoms with Crippen molar-refractivity contribution >= 4 is 95.4 Å². The standard InChI is InChI=1S/C29H40BrN7O4S.C16H20BrClN4O2/c1-28(2,3)40-26(38)35-12-9-18(10-13-35)22-15-24(42-34-22)33-23-14-21(32-25-20(30)16-31-37(23)25)19-8-7-11-36(17-19)27(39)41-29(4,5)6;1-16(2,3)24-15(23)21-6-4-5-10(9-21)12-7-13(18)22-14(20-12)11(17)8-19-22/h14-16,18-19,33H,7-13,17H2,1-6H3;7-8,10H,4-6,9H2,1-3H3.